The van der Waals surface area contributed by atoms with Gasteiger partial charge in [-0.05, 0) is 32.2 Å². The second kappa shape index (κ2) is 5.18. The summed E-state index contributed by atoms with van der Waals surface area (Å²) in [5, 5.41) is 0. The zero-order valence-electron chi connectivity index (χ0n) is 8.40. The summed E-state index contributed by atoms with van der Waals surface area (Å²) < 4.78 is 48.1. The van der Waals surface area contributed by atoms with Crippen molar-refractivity contribution < 1.29 is 17.2 Å². The normalized spacial score (nSPS) is 23.9. The van der Waals surface area contributed by atoms with E-state index in [1.807, 2.05) is 0 Å². The summed E-state index contributed by atoms with van der Waals surface area (Å²) in [5.41, 5.74) is 5.30. The third kappa shape index (κ3) is 2.85. The van der Waals surface area contributed by atoms with E-state index in [1.165, 1.54) is 0 Å². The molecule has 0 amide bonds. The number of halogens is 2. The fraction of sp³-hybridized carbons (Fsp3) is 1.00. The molecule has 0 bridgehead atoms. The molecule has 1 aliphatic heterocycles. The first kappa shape index (κ1) is 12.8. The number of hydrogen-bond acceptors (Lipinski definition) is 3. The van der Waals surface area contributed by atoms with Crippen molar-refractivity contribution in [2.75, 3.05) is 13.1 Å². The zero-order valence-corrected chi connectivity index (χ0v) is 9.22. The SMILES string of the molecule is NCCCC1CCCN1S(=O)(=O)C(F)F. The van der Waals surface area contributed by atoms with E-state index in [2.05, 4.69) is 0 Å². The molecule has 7 heteroatoms. The van der Waals surface area contributed by atoms with Crippen LogP contribution in [0, 0.1) is 0 Å². The van der Waals surface area contributed by atoms with Crippen molar-refractivity contribution in [3.8, 4) is 0 Å². The summed E-state index contributed by atoms with van der Waals surface area (Å²) in [4.78, 5) is 0. The van der Waals surface area contributed by atoms with E-state index >= 15 is 0 Å². The van der Waals surface area contributed by atoms with Gasteiger partial charge in [0.1, 0.15) is 0 Å². The lowest BCUT2D eigenvalue weighted by Crippen LogP contribution is -2.39. The Hall–Kier alpha value is -0.270. The summed E-state index contributed by atoms with van der Waals surface area (Å²) in [5.74, 6) is -3.31. The molecule has 4 nitrogen and oxygen atoms in total. The van der Waals surface area contributed by atoms with Crippen LogP contribution in [0.1, 0.15) is 25.7 Å². The minimum Gasteiger partial charge on any atom is -0.330 e. The third-order valence-corrected chi connectivity index (χ3v) is 4.20. The quantitative estimate of drug-likeness (QED) is 0.773. The molecule has 0 aromatic carbocycles. The molecule has 0 saturated carbocycles. The van der Waals surface area contributed by atoms with Gasteiger partial charge >= 0.3 is 5.76 Å². The minimum atomic E-state index is -4.40. The number of sulfonamides is 1. The molecule has 90 valence electrons. The van der Waals surface area contributed by atoms with Gasteiger partial charge in [0.05, 0.1) is 0 Å². The number of nitrogens with two attached hydrogens (primary N) is 1. The minimum absolute atomic E-state index is 0.210. The maximum absolute atomic E-state index is 12.3. The Morgan fingerprint density at radius 2 is 2.13 bits per heavy atom. The van der Waals surface area contributed by atoms with Gasteiger partial charge in [0.2, 0.25) is 0 Å². The molecule has 1 fully saturated rings. The van der Waals surface area contributed by atoms with Crippen LogP contribution in [0.4, 0.5) is 8.78 Å². The van der Waals surface area contributed by atoms with Crippen LogP contribution in [-0.4, -0.2) is 37.6 Å². The zero-order chi connectivity index (χ0) is 11.5. The smallest absolute Gasteiger partial charge is 0.330 e. The van der Waals surface area contributed by atoms with Crippen LogP contribution in [0.2, 0.25) is 0 Å². The largest absolute Gasteiger partial charge is 0.350 e. The molecule has 0 aromatic rings. The lowest BCUT2D eigenvalue weighted by atomic mass is 10.1. The molecule has 0 spiro atoms. The van der Waals surface area contributed by atoms with Gasteiger partial charge in [0.15, 0.2) is 0 Å². The van der Waals surface area contributed by atoms with Crippen LogP contribution in [0.3, 0.4) is 0 Å². The molecule has 2 N–H and O–H groups in total. The third-order valence-electron chi connectivity index (χ3n) is 2.62. The molecular formula is C8H16F2N2O2S. The van der Waals surface area contributed by atoms with E-state index in [4.69, 9.17) is 5.73 Å². The maximum atomic E-state index is 12.3. The van der Waals surface area contributed by atoms with Crippen molar-refractivity contribution in [3.63, 3.8) is 0 Å². The lowest BCUT2D eigenvalue weighted by Gasteiger charge is -2.23. The topological polar surface area (TPSA) is 63.4 Å². The van der Waals surface area contributed by atoms with Gasteiger partial charge in [0, 0.05) is 12.6 Å². The molecule has 0 radical (unpaired) electrons. The van der Waals surface area contributed by atoms with Crippen molar-refractivity contribution in [3.05, 3.63) is 0 Å². The summed E-state index contributed by atoms with van der Waals surface area (Å²) in [7, 11) is -4.40. The number of hydrogen-bond donors (Lipinski definition) is 1. The molecule has 1 unspecified atom stereocenters. The highest BCUT2D eigenvalue weighted by atomic mass is 32.2. The van der Waals surface area contributed by atoms with Crippen LogP contribution in [-0.2, 0) is 10.0 Å². The fourth-order valence-electron chi connectivity index (χ4n) is 1.89. The van der Waals surface area contributed by atoms with Crippen LogP contribution >= 0.6 is 0 Å². The van der Waals surface area contributed by atoms with Crippen molar-refractivity contribution in [1.29, 1.82) is 0 Å². The Bertz CT molecular complexity index is 295. The fourth-order valence-corrected chi connectivity index (χ4v) is 3.10. The highest BCUT2D eigenvalue weighted by Gasteiger charge is 2.39. The van der Waals surface area contributed by atoms with Gasteiger partial charge in [-0.25, -0.2) is 8.42 Å². The van der Waals surface area contributed by atoms with E-state index in [1.54, 1.807) is 0 Å². The van der Waals surface area contributed by atoms with Gasteiger partial charge in [0.25, 0.3) is 10.0 Å². The van der Waals surface area contributed by atoms with E-state index < -0.39 is 15.8 Å². The lowest BCUT2D eigenvalue weighted by molar-refractivity contribution is 0.215. The van der Waals surface area contributed by atoms with Gasteiger partial charge in [-0.2, -0.15) is 13.1 Å². The molecular weight excluding hydrogens is 226 g/mol. The van der Waals surface area contributed by atoms with Gasteiger partial charge in [-0.1, -0.05) is 0 Å². The van der Waals surface area contributed by atoms with E-state index in [0.717, 1.165) is 4.31 Å². The molecule has 1 atom stereocenters. The first-order valence-electron chi connectivity index (χ1n) is 4.99. The molecule has 0 aromatic heterocycles. The first-order chi connectivity index (χ1) is 7.00. The summed E-state index contributed by atoms with van der Waals surface area (Å²) in [6, 6.07) is -0.285. The molecule has 1 rings (SSSR count). The Balaban J connectivity index is 2.68. The molecule has 1 heterocycles. The summed E-state index contributed by atoms with van der Waals surface area (Å²) in [6.07, 6.45) is 2.55. The van der Waals surface area contributed by atoms with Crippen molar-refractivity contribution in [2.45, 2.75) is 37.5 Å². The number of rotatable bonds is 5. The highest BCUT2D eigenvalue weighted by Crippen LogP contribution is 2.27. The average molecular weight is 242 g/mol. The van der Waals surface area contributed by atoms with Gasteiger partial charge in [-0.15, -0.1) is 0 Å². The van der Waals surface area contributed by atoms with Crippen molar-refractivity contribution in [2.24, 2.45) is 5.73 Å². The number of alkyl halides is 2. The Labute approximate surface area is 88.5 Å². The van der Waals surface area contributed by atoms with E-state index in [9.17, 15) is 17.2 Å². The van der Waals surface area contributed by atoms with E-state index in [0.29, 0.717) is 32.2 Å². The van der Waals surface area contributed by atoms with Crippen LogP contribution in [0.25, 0.3) is 0 Å². The van der Waals surface area contributed by atoms with Gasteiger partial charge < -0.3 is 5.73 Å². The maximum Gasteiger partial charge on any atom is 0.350 e. The second-order valence-corrected chi connectivity index (χ2v) is 5.50. The number of nitrogens with zero attached hydrogens (tertiary/aromatic N) is 1. The van der Waals surface area contributed by atoms with Crippen LogP contribution in [0.15, 0.2) is 0 Å². The monoisotopic (exact) mass is 242 g/mol. The van der Waals surface area contributed by atoms with Crippen molar-refractivity contribution >= 4 is 10.0 Å². The molecule has 1 aliphatic rings. The highest BCUT2D eigenvalue weighted by molar-refractivity contribution is 7.89. The Kier molecular flexibility index (Phi) is 4.42. The van der Waals surface area contributed by atoms with Crippen LogP contribution < -0.4 is 5.73 Å². The summed E-state index contributed by atoms with van der Waals surface area (Å²) in [6.45, 7) is 0.668. The second-order valence-electron chi connectivity index (χ2n) is 3.64. The molecule has 0 aliphatic carbocycles. The molecule has 15 heavy (non-hydrogen) atoms. The molecule has 1 saturated heterocycles. The predicted octanol–water partition coefficient (Wildman–Crippen LogP) is 0.742. The van der Waals surface area contributed by atoms with Crippen molar-refractivity contribution in [1.82, 2.24) is 4.31 Å². The standard InChI is InChI=1S/C8H16F2N2O2S/c9-8(10)15(13,14)12-6-2-4-7(12)3-1-5-11/h7-8H,1-6,11H2. The first-order valence-corrected chi connectivity index (χ1v) is 6.49. The predicted molar refractivity (Wildman–Crippen MR) is 52.9 cm³/mol. The van der Waals surface area contributed by atoms with E-state index in [-0.39, 0.29) is 12.6 Å². The van der Waals surface area contributed by atoms with Gasteiger partial charge in [-0.3, -0.25) is 0 Å². The van der Waals surface area contributed by atoms with Crippen LogP contribution in [0.5, 0.6) is 0 Å². The average Bonchev–Trinajstić information content (AvgIpc) is 2.62. The Morgan fingerprint density at radius 3 is 2.67 bits per heavy atom. The summed E-state index contributed by atoms with van der Waals surface area (Å²) >= 11 is 0. The Morgan fingerprint density at radius 1 is 1.47 bits per heavy atom.